The summed E-state index contributed by atoms with van der Waals surface area (Å²) in [4.78, 5) is 16.7. The lowest BCUT2D eigenvalue weighted by atomic mass is 10.0. The second kappa shape index (κ2) is 13.1. The van der Waals surface area contributed by atoms with Crippen molar-refractivity contribution in [2.75, 3.05) is 19.7 Å². The van der Waals surface area contributed by atoms with Gasteiger partial charge in [-0.3, -0.25) is 9.47 Å². The molecule has 10 nitrogen and oxygen atoms in total. The molecule has 4 aromatic rings. The van der Waals surface area contributed by atoms with E-state index in [9.17, 15) is 23.3 Å². The average molecular weight is 625 g/mol. The Hall–Kier alpha value is -4.78. The van der Waals surface area contributed by atoms with Crippen LogP contribution in [-0.4, -0.2) is 57.6 Å². The van der Waals surface area contributed by atoms with Gasteiger partial charge in [-0.2, -0.15) is 0 Å². The van der Waals surface area contributed by atoms with Crippen molar-refractivity contribution >= 4 is 5.82 Å². The van der Waals surface area contributed by atoms with Gasteiger partial charge in [0, 0.05) is 37.6 Å². The van der Waals surface area contributed by atoms with Crippen LogP contribution in [0.15, 0.2) is 79.0 Å². The highest BCUT2D eigenvalue weighted by atomic mass is 19.4. The Morgan fingerprint density at radius 3 is 2.13 bits per heavy atom. The van der Waals surface area contributed by atoms with Gasteiger partial charge in [-0.05, 0) is 70.9 Å². The molecular formula is C32H31F3N4O6. The molecule has 0 N–H and O–H groups in total. The summed E-state index contributed by atoms with van der Waals surface area (Å²) in [5.74, 6) is 0.742. The van der Waals surface area contributed by atoms with Crippen molar-refractivity contribution in [2.45, 2.75) is 50.9 Å². The maximum absolute atomic E-state index is 12.4. The van der Waals surface area contributed by atoms with Crippen LogP contribution >= 0.6 is 0 Å². The van der Waals surface area contributed by atoms with Crippen molar-refractivity contribution in [3.05, 3.63) is 94.7 Å². The quantitative estimate of drug-likeness (QED) is 0.143. The van der Waals surface area contributed by atoms with E-state index < -0.39 is 11.3 Å². The lowest BCUT2D eigenvalue weighted by Gasteiger charge is -2.32. The number of benzene rings is 3. The maximum Gasteiger partial charge on any atom is 0.573 e. The fraction of sp³-hybridized carbons (Fsp3) is 0.344. The largest absolute Gasteiger partial charge is 0.573 e. The summed E-state index contributed by atoms with van der Waals surface area (Å²) in [6, 6.07) is 22.0. The van der Waals surface area contributed by atoms with Gasteiger partial charge in [0.15, 0.2) is 0 Å². The number of hydrogen-bond donors (Lipinski definition) is 0. The molecule has 6 rings (SSSR count). The number of alkyl halides is 3. The van der Waals surface area contributed by atoms with E-state index in [1.54, 1.807) is 4.57 Å². The summed E-state index contributed by atoms with van der Waals surface area (Å²) in [5.41, 5.74) is 3.36. The van der Waals surface area contributed by atoms with Crippen molar-refractivity contribution < 1.29 is 37.0 Å². The fourth-order valence-electron chi connectivity index (χ4n) is 5.43. The molecule has 0 radical (unpaired) electrons. The van der Waals surface area contributed by atoms with Crippen molar-refractivity contribution in [1.82, 2.24) is 14.5 Å². The molecular weight excluding hydrogens is 593 g/mol. The van der Waals surface area contributed by atoms with Crippen LogP contribution in [0.1, 0.15) is 24.8 Å². The predicted molar refractivity (Wildman–Crippen MR) is 157 cm³/mol. The summed E-state index contributed by atoms with van der Waals surface area (Å²) in [6.07, 6.45) is -1.25. The standard InChI is InChI=1S/C32H31F3N4O6/c33-32(34,35)45-28-11-9-26(10-12-28)43-27-13-16-37(17-14-27)19-22-1-3-23(4-2-22)24-5-7-25(8-6-24)42-21-29-15-18-38-20-30(39(40)41)36-31(38)44-29/h1-12,20,27,29H,13-19,21H2/t29-/m0/s1. The summed E-state index contributed by atoms with van der Waals surface area (Å²) in [6.45, 7) is 3.43. The van der Waals surface area contributed by atoms with Gasteiger partial charge in [0.2, 0.25) is 0 Å². The molecule has 0 unspecified atom stereocenters. The van der Waals surface area contributed by atoms with Crippen molar-refractivity contribution in [3.63, 3.8) is 0 Å². The number of aryl methyl sites for hydroxylation is 1. The third-order valence-electron chi connectivity index (χ3n) is 7.76. The highest BCUT2D eigenvalue weighted by Gasteiger charge is 2.31. The molecule has 0 aliphatic carbocycles. The number of likely N-dealkylation sites (tertiary alicyclic amines) is 1. The molecule has 1 atom stereocenters. The molecule has 0 bridgehead atoms. The van der Waals surface area contributed by atoms with E-state index in [4.69, 9.17) is 14.2 Å². The number of hydrogen-bond acceptors (Lipinski definition) is 8. The van der Waals surface area contributed by atoms with E-state index in [1.165, 1.54) is 36.0 Å². The molecule has 3 aromatic carbocycles. The van der Waals surface area contributed by atoms with Crippen molar-refractivity contribution in [3.8, 4) is 34.4 Å². The zero-order valence-corrected chi connectivity index (χ0v) is 24.2. The first-order valence-corrected chi connectivity index (χ1v) is 14.6. The average Bonchev–Trinajstić information content (AvgIpc) is 3.46. The van der Waals surface area contributed by atoms with Gasteiger partial charge in [0.25, 0.3) is 0 Å². The molecule has 0 saturated carbocycles. The fourth-order valence-corrected chi connectivity index (χ4v) is 5.43. The highest BCUT2D eigenvalue weighted by molar-refractivity contribution is 5.64. The van der Waals surface area contributed by atoms with Crippen LogP contribution in [-0.2, 0) is 13.1 Å². The lowest BCUT2D eigenvalue weighted by molar-refractivity contribution is -0.389. The Morgan fingerprint density at radius 1 is 0.867 bits per heavy atom. The molecule has 3 heterocycles. The Bertz CT molecular complexity index is 1590. The zero-order chi connectivity index (χ0) is 31.4. The monoisotopic (exact) mass is 624 g/mol. The van der Waals surface area contributed by atoms with Gasteiger partial charge < -0.3 is 29.1 Å². The van der Waals surface area contributed by atoms with Gasteiger partial charge in [-0.25, -0.2) is 0 Å². The maximum atomic E-state index is 12.4. The number of piperidine rings is 1. The Kier molecular flexibility index (Phi) is 8.78. The molecule has 1 aromatic heterocycles. The summed E-state index contributed by atoms with van der Waals surface area (Å²) < 4.78 is 60.3. The number of imidazole rings is 1. The third kappa shape index (κ3) is 8.04. The number of nitrogens with zero attached hydrogens (tertiary/aromatic N) is 4. The summed E-state index contributed by atoms with van der Waals surface area (Å²) in [7, 11) is 0. The Morgan fingerprint density at radius 2 is 1.49 bits per heavy atom. The minimum absolute atomic E-state index is 0.00786. The molecule has 2 aliphatic rings. The number of rotatable bonds is 10. The second-order valence-electron chi connectivity index (χ2n) is 11.0. The van der Waals surface area contributed by atoms with Gasteiger partial charge in [0.1, 0.15) is 42.3 Å². The Balaban J connectivity index is 0.934. The number of halogens is 3. The first-order valence-electron chi connectivity index (χ1n) is 14.6. The molecule has 13 heteroatoms. The van der Waals surface area contributed by atoms with Crippen LogP contribution < -0.4 is 18.9 Å². The first kappa shape index (κ1) is 30.3. The predicted octanol–water partition coefficient (Wildman–Crippen LogP) is 6.63. The Labute approximate surface area is 257 Å². The van der Waals surface area contributed by atoms with Crippen LogP contribution in [0.4, 0.5) is 19.0 Å². The lowest BCUT2D eigenvalue weighted by Crippen LogP contribution is -2.37. The van der Waals surface area contributed by atoms with Crippen LogP contribution in [0.5, 0.6) is 23.3 Å². The SMILES string of the molecule is O=[N+]([O-])c1cn2c(n1)O[C@H](COc1ccc(-c3ccc(CN4CCC(Oc5ccc(OC(F)(F)F)cc5)CC4)cc3)cc1)CC2. The molecule has 45 heavy (non-hydrogen) atoms. The first-order chi connectivity index (χ1) is 21.7. The van der Waals surface area contributed by atoms with Crippen molar-refractivity contribution in [1.29, 1.82) is 0 Å². The topological polar surface area (TPSA) is 101 Å². The summed E-state index contributed by atoms with van der Waals surface area (Å²) in [5, 5.41) is 10.9. The van der Waals surface area contributed by atoms with E-state index in [-0.39, 0.29) is 29.8 Å². The number of fused-ring (bicyclic) bond motifs is 1. The number of aromatic nitrogens is 2. The highest BCUT2D eigenvalue weighted by Crippen LogP contribution is 2.28. The van der Waals surface area contributed by atoms with E-state index in [1.807, 2.05) is 24.3 Å². The molecule has 1 saturated heterocycles. The molecule has 2 aliphatic heterocycles. The van der Waals surface area contributed by atoms with Crippen LogP contribution in [0.2, 0.25) is 0 Å². The normalized spacial score (nSPS) is 17.3. The van der Waals surface area contributed by atoms with Crippen molar-refractivity contribution in [2.24, 2.45) is 0 Å². The van der Waals surface area contributed by atoms with E-state index in [2.05, 4.69) is 38.9 Å². The molecule has 0 spiro atoms. The molecule has 0 amide bonds. The second-order valence-corrected chi connectivity index (χ2v) is 11.0. The minimum Gasteiger partial charge on any atom is -0.490 e. The van der Waals surface area contributed by atoms with Crippen LogP contribution in [0, 0.1) is 10.1 Å². The van der Waals surface area contributed by atoms with Crippen LogP contribution in [0.25, 0.3) is 11.1 Å². The molecule has 1 fully saturated rings. The van der Waals surface area contributed by atoms with Gasteiger partial charge in [-0.1, -0.05) is 36.4 Å². The number of ether oxygens (including phenoxy) is 4. The van der Waals surface area contributed by atoms with Gasteiger partial charge in [-0.15, -0.1) is 13.2 Å². The van der Waals surface area contributed by atoms with Crippen LogP contribution in [0.3, 0.4) is 0 Å². The van der Waals surface area contributed by atoms with Gasteiger partial charge in [0.05, 0.1) is 0 Å². The van der Waals surface area contributed by atoms with Gasteiger partial charge >= 0.3 is 18.2 Å². The minimum atomic E-state index is -4.71. The van der Waals surface area contributed by atoms with E-state index in [0.717, 1.165) is 43.6 Å². The third-order valence-corrected chi connectivity index (χ3v) is 7.76. The summed E-state index contributed by atoms with van der Waals surface area (Å²) >= 11 is 0. The smallest absolute Gasteiger partial charge is 0.490 e. The zero-order valence-electron chi connectivity index (χ0n) is 24.2. The van der Waals surface area contributed by atoms with E-state index >= 15 is 0 Å². The molecule has 236 valence electrons. The van der Waals surface area contributed by atoms with E-state index in [0.29, 0.717) is 31.1 Å². The number of nitro groups is 1.